The minimum Gasteiger partial charge on any atom is -0.493 e. The highest BCUT2D eigenvalue weighted by molar-refractivity contribution is 5.99. The lowest BCUT2D eigenvalue weighted by atomic mass is 10.0. The van der Waals surface area contributed by atoms with Crippen LogP contribution in [-0.4, -0.2) is 54.7 Å². The smallest absolute Gasteiger partial charge is 0.286 e. The van der Waals surface area contributed by atoms with Gasteiger partial charge in [-0.2, -0.15) is 0 Å². The molecule has 9 heteroatoms. The highest BCUT2D eigenvalue weighted by Gasteiger charge is 2.31. The molecule has 0 atom stereocenters. The number of ether oxygens (including phenoxy) is 3. The maximum atomic E-state index is 13.3. The highest BCUT2D eigenvalue weighted by atomic mass is 16.6. The van der Waals surface area contributed by atoms with E-state index >= 15 is 0 Å². The van der Waals surface area contributed by atoms with Crippen LogP contribution in [0.2, 0.25) is 0 Å². The Hall–Kier alpha value is -3.59. The number of methoxy groups -OCH3 is 2. The lowest BCUT2D eigenvalue weighted by molar-refractivity contribution is -0.385. The second-order valence-corrected chi connectivity index (χ2v) is 7.22. The van der Waals surface area contributed by atoms with Crippen molar-refractivity contribution in [3.63, 3.8) is 0 Å². The van der Waals surface area contributed by atoms with Crippen LogP contribution in [0.3, 0.4) is 0 Å². The normalized spacial score (nSPS) is 13.2. The van der Waals surface area contributed by atoms with E-state index in [1.807, 2.05) is 24.3 Å². The van der Waals surface area contributed by atoms with Crippen molar-refractivity contribution in [2.45, 2.75) is 13.0 Å². The molecule has 1 amide bonds. The average molecular weight is 425 g/mol. The van der Waals surface area contributed by atoms with E-state index in [1.54, 1.807) is 4.90 Å². The molecule has 1 aliphatic rings. The molecule has 162 valence electrons. The van der Waals surface area contributed by atoms with Crippen LogP contribution in [0, 0.1) is 10.1 Å². The number of nitrogens with zero attached hydrogens (tertiary/aromatic N) is 2. The van der Waals surface area contributed by atoms with Gasteiger partial charge in [0.1, 0.15) is 12.2 Å². The number of hydrogen-bond acceptors (Lipinski definition) is 6. The van der Waals surface area contributed by atoms with Crippen molar-refractivity contribution in [3.05, 3.63) is 63.3 Å². The SMILES string of the molecule is COCCOc1cc([N+](=O)[O-])c(C(=O)N2CCc3[nH]c4ccccc4c3C2)cc1OC. The van der Waals surface area contributed by atoms with Crippen molar-refractivity contribution < 1.29 is 23.9 Å². The Morgan fingerprint density at radius 3 is 2.74 bits per heavy atom. The van der Waals surface area contributed by atoms with Crippen molar-refractivity contribution in [3.8, 4) is 11.5 Å². The second kappa shape index (κ2) is 8.65. The molecule has 1 N–H and O–H groups in total. The summed E-state index contributed by atoms with van der Waals surface area (Å²) in [6, 6.07) is 10.5. The lowest BCUT2D eigenvalue weighted by Crippen LogP contribution is -2.36. The molecule has 0 spiro atoms. The predicted octanol–water partition coefficient (Wildman–Crippen LogP) is 3.31. The van der Waals surface area contributed by atoms with Crippen LogP contribution in [0.1, 0.15) is 21.6 Å². The van der Waals surface area contributed by atoms with Gasteiger partial charge in [-0.3, -0.25) is 14.9 Å². The number of aromatic nitrogens is 1. The van der Waals surface area contributed by atoms with Gasteiger partial charge in [0.05, 0.1) is 24.7 Å². The lowest BCUT2D eigenvalue weighted by Gasteiger charge is -2.27. The first kappa shape index (κ1) is 20.7. The zero-order valence-electron chi connectivity index (χ0n) is 17.3. The van der Waals surface area contributed by atoms with Crippen LogP contribution in [0.25, 0.3) is 10.9 Å². The summed E-state index contributed by atoms with van der Waals surface area (Å²) >= 11 is 0. The molecule has 0 aliphatic carbocycles. The second-order valence-electron chi connectivity index (χ2n) is 7.22. The largest absolute Gasteiger partial charge is 0.493 e. The monoisotopic (exact) mass is 425 g/mol. The summed E-state index contributed by atoms with van der Waals surface area (Å²) in [6.45, 7) is 1.36. The fraction of sp³-hybridized carbons (Fsp3) is 0.318. The first-order chi connectivity index (χ1) is 15.0. The molecular weight excluding hydrogens is 402 g/mol. The molecule has 1 aromatic heterocycles. The molecular formula is C22H23N3O6. The van der Waals surface area contributed by atoms with E-state index in [2.05, 4.69) is 4.98 Å². The van der Waals surface area contributed by atoms with Crippen molar-refractivity contribution in [1.82, 2.24) is 9.88 Å². The van der Waals surface area contributed by atoms with Gasteiger partial charge in [0.2, 0.25) is 0 Å². The maximum absolute atomic E-state index is 13.3. The molecule has 2 aromatic carbocycles. The summed E-state index contributed by atoms with van der Waals surface area (Å²) in [6.07, 6.45) is 0.652. The quantitative estimate of drug-likeness (QED) is 0.354. The molecule has 3 aromatic rings. The number of fused-ring (bicyclic) bond motifs is 3. The number of nitro groups is 1. The molecule has 0 fully saturated rings. The topological polar surface area (TPSA) is 107 Å². The summed E-state index contributed by atoms with van der Waals surface area (Å²) in [5, 5.41) is 12.8. The Labute approximate surface area is 178 Å². The molecule has 1 aliphatic heterocycles. The summed E-state index contributed by atoms with van der Waals surface area (Å²) in [5.74, 6) is 0.0413. The number of para-hydroxylation sites is 1. The Morgan fingerprint density at radius 2 is 2.00 bits per heavy atom. The van der Waals surface area contributed by atoms with Crippen LogP contribution in [0.15, 0.2) is 36.4 Å². The van der Waals surface area contributed by atoms with Crippen LogP contribution in [0.5, 0.6) is 11.5 Å². The molecule has 0 bridgehead atoms. The van der Waals surface area contributed by atoms with Gasteiger partial charge in [0, 0.05) is 54.8 Å². The third kappa shape index (κ3) is 3.91. The first-order valence-electron chi connectivity index (χ1n) is 9.89. The van der Waals surface area contributed by atoms with Gasteiger partial charge in [0.25, 0.3) is 11.6 Å². The summed E-state index contributed by atoms with van der Waals surface area (Å²) in [5.41, 5.74) is 2.82. The van der Waals surface area contributed by atoms with Crippen LogP contribution < -0.4 is 9.47 Å². The molecule has 2 heterocycles. The van der Waals surface area contributed by atoms with E-state index in [-0.39, 0.29) is 29.4 Å². The van der Waals surface area contributed by atoms with Crippen molar-refractivity contribution in [2.24, 2.45) is 0 Å². The van der Waals surface area contributed by atoms with Gasteiger partial charge in [-0.05, 0) is 6.07 Å². The van der Waals surface area contributed by atoms with E-state index in [0.717, 1.165) is 22.2 Å². The molecule has 9 nitrogen and oxygen atoms in total. The number of nitro benzene ring substituents is 1. The van der Waals surface area contributed by atoms with Crippen molar-refractivity contribution in [2.75, 3.05) is 34.0 Å². The minimum absolute atomic E-state index is 0.0239. The zero-order chi connectivity index (χ0) is 22.0. The van der Waals surface area contributed by atoms with E-state index in [4.69, 9.17) is 14.2 Å². The summed E-state index contributed by atoms with van der Waals surface area (Å²) in [4.78, 5) is 29.5. The fourth-order valence-corrected chi connectivity index (χ4v) is 3.89. The fourth-order valence-electron chi connectivity index (χ4n) is 3.89. The van der Waals surface area contributed by atoms with Gasteiger partial charge < -0.3 is 24.1 Å². The van der Waals surface area contributed by atoms with Gasteiger partial charge in [-0.1, -0.05) is 18.2 Å². The first-order valence-corrected chi connectivity index (χ1v) is 9.89. The van der Waals surface area contributed by atoms with Crippen LogP contribution in [-0.2, 0) is 17.7 Å². The van der Waals surface area contributed by atoms with E-state index in [9.17, 15) is 14.9 Å². The number of nitrogens with one attached hydrogen (secondary N) is 1. The van der Waals surface area contributed by atoms with Gasteiger partial charge in [0.15, 0.2) is 11.5 Å². The third-order valence-corrected chi connectivity index (χ3v) is 5.42. The van der Waals surface area contributed by atoms with E-state index < -0.39 is 10.8 Å². The highest BCUT2D eigenvalue weighted by Crippen LogP contribution is 2.36. The number of H-pyrrole nitrogens is 1. The molecule has 0 unspecified atom stereocenters. The third-order valence-electron chi connectivity index (χ3n) is 5.42. The van der Waals surface area contributed by atoms with Crippen molar-refractivity contribution >= 4 is 22.5 Å². The van der Waals surface area contributed by atoms with Crippen molar-refractivity contribution in [1.29, 1.82) is 0 Å². The Kier molecular flexibility index (Phi) is 5.77. The number of hydrogen-bond donors (Lipinski definition) is 1. The maximum Gasteiger partial charge on any atom is 0.286 e. The van der Waals surface area contributed by atoms with E-state index in [0.29, 0.717) is 26.1 Å². The standard InChI is InChI=1S/C22H23N3O6/c1-29-9-10-31-21-12-19(25(27)28)15(11-20(21)30-2)22(26)24-8-7-18-16(13-24)14-5-3-4-6-17(14)23-18/h3-6,11-12,23H,7-10,13H2,1-2H3. The number of amides is 1. The number of benzene rings is 2. The van der Waals surface area contributed by atoms with Gasteiger partial charge >= 0.3 is 0 Å². The Morgan fingerprint density at radius 1 is 1.19 bits per heavy atom. The molecule has 0 saturated carbocycles. The van der Waals surface area contributed by atoms with Gasteiger partial charge in [-0.15, -0.1) is 0 Å². The molecule has 4 rings (SSSR count). The number of rotatable bonds is 7. The average Bonchev–Trinajstić information content (AvgIpc) is 3.16. The minimum atomic E-state index is -0.572. The zero-order valence-corrected chi connectivity index (χ0v) is 17.3. The van der Waals surface area contributed by atoms with E-state index in [1.165, 1.54) is 26.4 Å². The number of carbonyl (C=O) groups excluding carboxylic acids is 1. The van der Waals surface area contributed by atoms with Crippen LogP contribution in [0.4, 0.5) is 5.69 Å². The molecule has 31 heavy (non-hydrogen) atoms. The Balaban J connectivity index is 1.67. The summed E-state index contributed by atoms with van der Waals surface area (Å²) in [7, 11) is 2.96. The summed E-state index contributed by atoms with van der Waals surface area (Å²) < 4.78 is 15.8. The number of carbonyl (C=O) groups is 1. The predicted molar refractivity (Wildman–Crippen MR) is 114 cm³/mol. The number of aromatic amines is 1. The molecule has 0 saturated heterocycles. The van der Waals surface area contributed by atoms with Gasteiger partial charge in [-0.25, -0.2) is 0 Å². The molecule has 0 radical (unpaired) electrons. The van der Waals surface area contributed by atoms with Crippen LogP contribution >= 0.6 is 0 Å². The Bertz CT molecular complexity index is 1140.